The SMILES string of the molecule is CS(=O)(=O)N(CCNC(=O)c1ccc(Cl)cc1)CCC1=CCCCC1. The number of hydrogen-bond donors (Lipinski definition) is 1. The second-order valence-electron chi connectivity index (χ2n) is 6.28. The van der Waals surface area contributed by atoms with Crippen LogP contribution in [-0.2, 0) is 10.0 Å². The zero-order valence-electron chi connectivity index (χ0n) is 14.5. The summed E-state index contributed by atoms with van der Waals surface area (Å²) in [5.41, 5.74) is 1.84. The quantitative estimate of drug-likeness (QED) is 0.700. The van der Waals surface area contributed by atoms with Crippen molar-refractivity contribution < 1.29 is 13.2 Å². The van der Waals surface area contributed by atoms with Crippen LogP contribution in [0.25, 0.3) is 0 Å². The van der Waals surface area contributed by atoms with E-state index in [-0.39, 0.29) is 19.0 Å². The molecular formula is C18H25ClN2O3S. The van der Waals surface area contributed by atoms with E-state index in [1.165, 1.54) is 29.0 Å². The lowest BCUT2D eigenvalue weighted by molar-refractivity contribution is 0.0951. The number of amides is 1. The number of sulfonamides is 1. The van der Waals surface area contributed by atoms with Crippen molar-refractivity contribution in [3.05, 3.63) is 46.5 Å². The van der Waals surface area contributed by atoms with Gasteiger partial charge in [-0.3, -0.25) is 4.79 Å². The van der Waals surface area contributed by atoms with E-state index < -0.39 is 10.0 Å². The van der Waals surface area contributed by atoms with Gasteiger partial charge in [0.1, 0.15) is 0 Å². The molecule has 0 radical (unpaired) electrons. The molecule has 0 heterocycles. The van der Waals surface area contributed by atoms with Crippen molar-refractivity contribution in [1.29, 1.82) is 0 Å². The van der Waals surface area contributed by atoms with Gasteiger partial charge in [-0.2, -0.15) is 0 Å². The van der Waals surface area contributed by atoms with Gasteiger partial charge in [-0.25, -0.2) is 12.7 Å². The van der Waals surface area contributed by atoms with E-state index in [0.717, 1.165) is 19.3 Å². The lowest BCUT2D eigenvalue weighted by Gasteiger charge is -2.22. The lowest BCUT2D eigenvalue weighted by Crippen LogP contribution is -2.38. The summed E-state index contributed by atoms with van der Waals surface area (Å²) < 4.78 is 25.4. The van der Waals surface area contributed by atoms with E-state index in [9.17, 15) is 13.2 Å². The van der Waals surface area contributed by atoms with Crippen LogP contribution in [0.2, 0.25) is 5.02 Å². The Labute approximate surface area is 155 Å². The monoisotopic (exact) mass is 384 g/mol. The Morgan fingerprint density at radius 2 is 1.92 bits per heavy atom. The van der Waals surface area contributed by atoms with Gasteiger partial charge in [0.05, 0.1) is 6.26 Å². The third-order valence-electron chi connectivity index (χ3n) is 4.29. The van der Waals surface area contributed by atoms with Crippen LogP contribution < -0.4 is 5.32 Å². The molecule has 1 amide bonds. The summed E-state index contributed by atoms with van der Waals surface area (Å²) in [5.74, 6) is -0.236. The highest BCUT2D eigenvalue weighted by Gasteiger charge is 2.17. The van der Waals surface area contributed by atoms with E-state index >= 15 is 0 Å². The van der Waals surface area contributed by atoms with E-state index in [1.54, 1.807) is 24.3 Å². The molecule has 2 rings (SSSR count). The third kappa shape index (κ3) is 6.80. The average molecular weight is 385 g/mol. The zero-order valence-corrected chi connectivity index (χ0v) is 16.1. The fraction of sp³-hybridized carbons (Fsp3) is 0.500. The predicted octanol–water partition coefficient (Wildman–Crippen LogP) is 3.22. The van der Waals surface area contributed by atoms with Crippen LogP contribution in [0.3, 0.4) is 0 Å². The molecular weight excluding hydrogens is 360 g/mol. The van der Waals surface area contributed by atoms with E-state index in [0.29, 0.717) is 17.1 Å². The number of nitrogens with zero attached hydrogens (tertiary/aromatic N) is 1. The Bertz CT molecular complexity index is 714. The van der Waals surface area contributed by atoms with Crippen molar-refractivity contribution in [2.75, 3.05) is 25.9 Å². The zero-order chi connectivity index (χ0) is 18.3. The van der Waals surface area contributed by atoms with Crippen LogP contribution in [0.15, 0.2) is 35.9 Å². The minimum absolute atomic E-state index is 0.236. The van der Waals surface area contributed by atoms with Crippen LogP contribution in [0.5, 0.6) is 0 Å². The van der Waals surface area contributed by atoms with Crippen molar-refractivity contribution in [3.8, 4) is 0 Å². The molecule has 1 aromatic carbocycles. The topological polar surface area (TPSA) is 66.5 Å². The van der Waals surface area contributed by atoms with Gasteiger partial charge in [0.15, 0.2) is 0 Å². The Morgan fingerprint density at radius 1 is 1.20 bits per heavy atom. The summed E-state index contributed by atoms with van der Waals surface area (Å²) in [7, 11) is -3.30. The smallest absolute Gasteiger partial charge is 0.251 e. The summed E-state index contributed by atoms with van der Waals surface area (Å²) in [6, 6.07) is 6.58. The largest absolute Gasteiger partial charge is 0.351 e. The highest BCUT2D eigenvalue weighted by Crippen LogP contribution is 2.20. The molecule has 0 fully saturated rings. The van der Waals surface area contributed by atoms with Crippen LogP contribution in [0.1, 0.15) is 42.5 Å². The molecule has 7 heteroatoms. The normalized spacial score (nSPS) is 15.1. The Kier molecular flexibility index (Phi) is 7.47. The van der Waals surface area contributed by atoms with E-state index in [2.05, 4.69) is 11.4 Å². The number of rotatable bonds is 8. The first-order valence-electron chi connectivity index (χ1n) is 8.53. The number of carbonyl (C=O) groups excluding carboxylic acids is 1. The maximum Gasteiger partial charge on any atom is 0.251 e. The van der Waals surface area contributed by atoms with E-state index in [4.69, 9.17) is 11.6 Å². The number of benzene rings is 1. The molecule has 1 N–H and O–H groups in total. The van der Waals surface area contributed by atoms with Gasteiger partial charge in [-0.15, -0.1) is 0 Å². The molecule has 0 saturated carbocycles. The number of hydrogen-bond acceptors (Lipinski definition) is 3. The fourth-order valence-corrected chi connectivity index (χ4v) is 3.81. The van der Waals surface area contributed by atoms with Gasteiger partial charge in [-0.05, 0) is 56.4 Å². The van der Waals surface area contributed by atoms with Gasteiger partial charge in [0.2, 0.25) is 10.0 Å². The van der Waals surface area contributed by atoms with E-state index in [1.807, 2.05) is 0 Å². The second-order valence-corrected chi connectivity index (χ2v) is 8.70. The number of nitrogens with one attached hydrogen (secondary N) is 1. The molecule has 0 aliphatic heterocycles. The third-order valence-corrected chi connectivity index (χ3v) is 5.84. The summed E-state index contributed by atoms with van der Waals surface area (Å²) >= 11 is 5.80. The first-order valence-corrected chi connectivity index (χ1v) is 10.8. The van der Waals surface area contributed by atoms with Crippen LogP contribution in [0.4, 0.5) is 0 Å². The summed E-state index contributed by atoms with van der Waals surface area (Å²) in [6.45, 7) is 1.00. The van der Waals surface area contributed by atoms with Crippen molar-refractivity contribution >= 4 is 27.5 Å². The molecule has 0 aromatic heterocycles. The molecule has 25 heavy (non-hydrogen) atoms. The molecule has 5 nitrogen and oxygen atoms in total. The van der Waals surface area contributed by atoms with Gasteiger partial charge in [-0.1, -0.05) is 23.3 Å². The van der Waals surface area contributed by atoms with Crippen molar-refractivity contribution in [2.24, 2.45) is 0 Å². The number of allylic oxidation sites excluding steroid dienone is 1. The summed E-state index contributed by atoms with van der Waals surface area (Å²) in [6.07, 6.45) is 8.75. The van der Waals surface area contributed by atoms with Crippen molar-refractivity contribution in [2.45, 2.75) is 32.1 Å². The molecule has 1 aromatic rings. The van der Waals surface area contributed by atoms with Crippen LogP contribution >= 0.6 is 11.6 Å². The molecule has 0 bridgehead atoms. The summed E-state index contributed by atoms with van der Waals surface area (Å²) in [4.78, 5) is 12.1. The highest BCUT2D eigenvalue weighted by atomic mass is 35.5. The first-order chi connectivity index (χ1) is 11.9. The number of carbonyl (C=O) groups is 1. The summed E-state index contributed by atoms with van der Waals surface area (Å²) in [5, 5.41) is 3.32. The fourth-order valence-electron chi connectivity index (χ4n) is 2.84. The van der Waals surface area contributed by atoms with Crippen LogP contribution in [-0.4, -0.2) is 44.5 Å². The molecule has 1 aliphatic rings. The molecule has 138 valence electrons. The van der Waals surface area contributed by atoms with Gasteiger partial charge >= 0.3 is 0 Å². The standard InChI is InChI=1S/C18H25ClN2O3S/c1-25(23,24)21(13-11-15-5-3-2-4-6-15)14-12-20-18(22)16-7-9-17(19)10-8-16/h5,7-10H,2-4,6,11-14H2,1H3,(H,20,22). The molecule has 0 atom stereocenters. The Morgan fingerprint density at radius 3 is 2.52 bits per heavy atom. The van der Waals surface area contributed by atoms with Crippen molar-refractivity contribution in [3.63, 3.8) is 0 Å². The minimum atomic E-state index is -3.30. The number of halogens is 1. The molecule has 0 saturated heterocycles. The lowest BCUT2D eigenvalue weighted by atomic mass is 9.97. The molecule has 1 aliphatic carbocycles. The maximum absolute atomic E-state index is 12.1. The second kappa shape index (κ2) is 9.36. The molecule has 0 unspecified atom stereocenters. The molecule has 0 spiro atoms. The Balaban J connectivity index is 1.84. The highest BCUT2D eigenvalue weighted by molar-refractivity contribution is 7.88. The maximum atomic E-state index is 12.1. The first kappa shape index (κ1) is 19.9. The Hall–Kier alpha value is -1.37. The van der Waals surface area contributed by atoms with Gasteiger partial charge in [0.25, 0.3) is 5.91 Å². The predicted molar refractivity (Wildman–Crippen MR) is 101 cm³/mol. The van der Waals surface area contributed by atoms with Crippen LogP contribution in [0, 0.1) is 0 Å². The average Bonchev–Trinajstić information content (AvgIpc) is 2.58. The van der Waals surface area contributed by atoms with Gasteiger partial charge in [0, 0.05) is 30.2 Å². The van der Waals surface area contributed by atoms with Crippen molar-refractivity contribution in [1.82, 2.24) is 9.62 Å². The van der Waals surface area contributed by atoms with Gasteiger partial charge < -0.3 is 5.32 Å². The minimum Gasteiger partial charge on any atom is -0.351 e.